The maximum atomic E-state index is 6.46. The molecule has 18 heavy (non-hydrogen) atoms. The van der Waals surface area contributed by atoms with E-state index in [-0.39, 0.29) is 5.38 Å². The van der Waals surface area contributed by atoms with Gasteiger partial charge in [-0.05, 0) is 42.3 Å². The van der Waals surface area contributed by atoms with Crippen molar-refractivity contribution < 1.29 is 4.74 Å². The van der Waals surface area contributed by atoms with Crippen LogP contribution >= 0.6 is 27.5 Å². The number of alkyl halides is 1. The van der Waals surface area contributed by atoms with Crippen molar-refractivity contribution in [3.05, 3.63) is 64.1 Å². The summed E-state index contributed by atoms with van der Waals surface area (Å²) in [7, 11) is 0. The van der Waals surface area contributed by atoms with Crippen LogP contribution in [0, 0.1) is 0 Å². The fourth-order valence-corrected chi connectivity index (χ4v) is 2.28. The molecule has 0 aliphatic heterocycles. The summed E-state index contributed by atoms with van der Waals surface area (Å²) in [5, 5.41) is -0.131. The first-order chi connectivity index (χ1) is 8.70. The maximum Gasteiger partial charge on any atom is 0.119 e. The first-order valence-corrected chi connectivity index (χ1v) is 7.06. The molecule has 94 valence electrons. The van der Waals surface area contributed by atoms with Gasteiger partial charge in [0.25, 0.3) is 0 Å². The number of ether oxygens (including phenoxy) is 1. The zero-order valence-electron chi connectivity index (χ0n) is 10.1. The average molecular weight is 326 g/mol. The van der Waals surface area contributed by atoms with E-state index in [2.05, 4.69) is 15.9 Å². The third-order valence-electron chi connectivity index (χ3n) is 2.65. The van der Waals surface area contributed by atoms with Crippen LogP contribution in [0.25, 0.3) is 0 Å². The van der Waals surface area contributed by atoms with Gasteiger partial charge in [-0.3, -0.25) is 0 Å². The van der Waals surface area contributed by atoms with Gasteiger partial charge in [-0.2, -0.15) is 0 Å². The minimum absolute atomic E-state index is 0.131. The Morgan fingerprint density at radius 2 is 1.50 bits per heavy atom. The van der Waals surface area contributed by atoms with Crippen molar-refractivity contribution in [1.82, 2.24) is 0 Å². The van der Waals surface area contributed by atoms with Gasteiger partial charge in [-0.25, -0.2) is 0 Å². The number of hydrogen-bond acceptors (Lipinski definition) is 1. The molecule has 0 amide bonds. The van der Waals surface area contributed by atoms with Crippen LogP contribution in [0.2, 0.25) is 0 Å². The topological polar surface area (TPSA) is 9.23 Å². The second-order valence-electron chi connectivity index (χ2n) is 3.92. The van der Waals surface area contributed by atoms with Crippen LogP contribution in [0.4, 0.5) is 0 Å². The van der Waals surface area contributed by atoms with Crippen LogP contribution in [0.3, 0.4) is 0 Å². The molecule has 0 aliphatic carbocycles. The fourth-order valence-electron chi connectivity index (χ4n) is 1.72. The van der Waals surface area contributed by atoms with E-state index in [1.54, 1.807) is 0 Å². The van der Waals surface area contributed by atoms with Crippen LogP contribution in [0.5, 0.6) is 5.75 Å². The van der Waals surface area contributed by atoms with E-state index in [1.807, 2.05) is 55.5 Å². The molecule has 3 heteroatoms. The molecule has 1 nitrogen and oxygen atoms in total. The van der Waals surface area contributed by atoms with Crippen LogP contribution in [0.1, 0.15) is 23.4 Å². The predicted molar refractivity (Wildman–Crippen MR) is 79.4 cm³/mol. The SMILES string of the molecule is CCOc1ccc(C(Cl)c2ccc(Br)cc2)cc1. The third-order valence-corrected chi connectivity index (χ3v) is 3.68. The summed E-state index contributed by atoms with van der Waals surface area (Å²) < 4.78 is 6.47. The lowest BCUT2D eigenvalue weighted by Gasteiger charge is -2.11. The van der Waals surface area contributed by atoms with Gasteiger partial charge in [-0.15, -0.1) is 11.6 Å². The molecule has 0 fully saturated rings. The molecule has 0 spiro atoms. The zero-order valence-corrected chi connectivity index (χ0v) is 12.4. The van der Waals surface area contributed by atoms with Gasteiger partial charge >= 0.3 is 0 Å². The van der Waals surface area contributed by atoms with Crippen molar-refractivity contribution in [2.45, 2.75) is 12.3 Å². The lowest BCUT2D eigenvalue weighted by molar-refractivity contribution is 0.340. The van der Waals surface area contributed by atoms with Crippen molar-refractivity contribution in [3.8, 4) is 5.75 Å². The van der Waals surface area contributed by atoms with Crippen molar-refractivity contribution in [2.75, 3.05) is 6.61 Å². The highest BCUT2D eigenvalue weighted by Gasteiger charge is 2.10. The summed E-state index contributed by atoms with van der Waals surface area (Å²) in [5.41, 5.74) is 2.16. The van der Waals surface area contributed by atoms with Crippen molar-refractivity contribution in [1.29, 1.82) is 0 Å². The molecule has 1 atom stereocenters. The fraction of sp³-hybridized carbons (Fsp3) is 0.200. The molecule has 0 saturated heterocycles. The predicted octanol–water partition coefficient (Wildman–Crippen LogP) is 5.18. The van der Waals surface area contributed by atoms with Gasteiger partial charge in [0, 0.05) is 4.47 Å². The highest BCUT2D eigenvalue weighted by atomic mass is 79.9. The highest BCUT2D eigenvalue weighted by Crippen LogP contribution is 2.30. The summed E-state index contributed by atoms with van der Waals surface area (Å²) in [6, 6.07) is 16.0. The van der Waals surface area contributed by atoms with Crippen LogP contribution in [-0.4, -0.2) is 6.61 Å². The Balaban J connectivity index is 2.17. The lowest BCUT2D eigenvalue weighted by Crippen LogP contribution is -1.95. The Morgan fingerprint density at radius 1 is 1.00 bits per heavy atom. The quantitative estimate of drug-likeness (QED) is 0.704. The molecule has 2 aromatic rings. The lowest BCUT2D eigenvalue weighted by atomic mass is 10.0. The summed E-state index contributed by atoms with van der Waals surface area (Å²) in [6.45, 7) is 2.65. The summed E-state index contributed by atoms with van der Waals surface area (Å²) in [6.07, 6.45) is 0. The number of rotatable bonds is 4. The smallest absolute Gasteiger partial charge is 0.119 e. The van der Waals surface area contributed by atoms with Gasteiger partial charge in [0.15, 0.2) is 0 Å². The van der Waals surface area contributed by atoms with Gasteiger partial charge in [0.2, 0.25) is 0 Å². The Labute approximate surface area is 121 Å². The largest absolute Gasteiger partial charge is 0.494 e. The number of halogens is 2. The Hall–Kier alpha value is -0.990. The molecule has 2 aromatic carbocycles. The van der Waals surface area contributed by atoms with Crippen molar-refractivity contribution in [2.24, 2.45) is 0 Å². The molecule has 0 aliphatic rings. The standard InChI is InChI=1S/C15H14BrClO/c1-2-18-14-9-5-12(6-10-14)15(17)11-3-7-13(16)8-4-11/h3-10,15H,2H2,1H3. The van der Waals surface area contributed by atoms with E-state index in [0.29, 0.717) is 6.61 Å². The Bertz CT molecular complexity index is 493. The molecule has 0 saturated carbocycles. The Morgan fingerprint density at radius 3 is 2.00 bits per heavy atom. The summed E-state index contributed by atoms with van der Waals surface area (Å²) >= 11 is 9.88. The first kappa shape index (κ1) is 13.4. The molecule has 0 radical (unpaired) electrons. The van der Waals surface area contributed by atoms with E-state index in [1.165, 1.54) is 0 Å². The summed E-state index contributed by atoms with van der Waals surface area (Å²) in [5.74, 6) is 0.876. The maximum absolute atomic E-state index is 6.46. The van der Waals surface area contributed by atoms with E-state index >= 15 is 0 Å². The Kier molecular flexibility index (Phi) is 4.67. The van der Waals surface area contributed by atoms with E-state index in [0.717, 1.165) is 21.3 Å². The zero-order chi connectivity index (χ0) is 13.0. The van der Waals surface area contributed by atoms with Gasteiger partial charge < -0.3 is 4.74 Å². The average Bonchev–Trinajstić information content (AvgIpc) is 2.40. The molecular weight excluding hydrogens is 312 g/mol. The van der Waals surface area contributed by atoms with E-state index in [4.69, 9.17) is 16.3 Å². The number of benzene rings is 2. The normalized spacial score (nSPS) is 12.2. The number of hydrogen-bond donors (Lipinski definition) is 0. The van der Waals surface area contributed by atoms with E-state index < -0.39 is 0 Å². The molecule has 0 bridgehead atoms. The first-order valence-electron chi connectivity index (χ1n) is 5.83. The molecule has 2 rings (SSSR count). The molecule has 0 aromatic heterocycles. The monoisotopic (exact) mass is 324 g/mol. The summed E-state index contributed by atoms with van der Waals surface area (Å²) in [4.78, 5) is 0. The second kappa shape index (κ2) is 6.26. The van der Waals surface area contributed by atoms with Crippen LogP contribution in [-0.2, 0) is 0 Å². The molecule has 0 N–H and O–H groups in total. The van der Waals surface area contributed by atoms with Gasteiger partial charge in [-0.1, -0.05) is 40.2 Å². The van der Waals surface area contributed by atoms with Gasteiger partial charge in [0.1, 0.15) is 5.75 Å². The third kappa shape index (κ3) is 3.27. The van der Waals surface area contributed by atoms with Crippen molar-refractivity contribution in [3.63, 3.8) is 0 Å². The molecule has 1 unspecified atom stereocenters. The highest BCUT2D eigenvalue weighted by molar-refractivity contribution is 9.10. The van der Waals surface area contributed by atoms with Gasteiger partial charge in [0.05, 0.1) is 12.0 Å². The minimum Gasteiger partial charge on any atom is -0.494 e. The van der Waals surface area contributed by atoms with Crippen molar-refractivity contribution >= 4 is 27.5 Å². The second-order valence-corrected chi connectivity index (χ2v) is 5.27. The van der Waals surface area contributed by atoms with Crippen LogP contribution < -0.4 is 4.74 Å². The van der Waals surface area contributed by atoms with E-state index in [9.17, 15) is 0 Å². The molecular formula is C15H14BrClO. The van der Waals surface area contributed by atoms with Crippen LogP contribution in [0.15, 0.2) is 53.0 Å². The minimum atomic E-state index is -0.131. The molecule has 0 heterocycles.